The van der Waals surface area contributed by atoms with Crippen molar-refractivity contribution in [3.63, 3.8) is 0 Å². The first-order valence-electron chi connectivity index (χ1n) is 7.39. The fraction of sp³-hybridized carbons (Fsp3) is 0.105. The molecule has 0 unspecified atom stereocenters. The molecule has 1 aliphatic rings. The molecule has 0 saturated carbocycles. The molecule has 0 atom stereocenters. The Morgan fingerprint density at radius 3 is 2.04 bits per heavy atom. The molecule has 3 rings (SSSR count). The first kappa shape index (κ1) is 16.1. The van der Waals surface area contributed by atoms with Crippen LogP contribution in [0.2, 0.25) is 5.02 Å². The van der Waals surface area contributed by atoms with Gasteiger partial charge in [-0.15, -0.1) is 0 Å². The molecule has 0 aromatic heterocycles. The van der Waals surface area contributed by atoms with E-state index in [1.807, 2.05) is 0 Å². The highest BCUT2D eigenvalue weighted by atomic mass is 35.5. The molecular formula is C19H14ClNO3. The van der Waals surface area contributed by atoms with Gasteiger partial charge in [0.25, 0.3) is 11.8 Å². The fourth-order valence-corrected chi connectivity index (χ4v) is 2.70. The van der Waals surface area contributed by atoms with Crippen LogP contribution >= 0.6 is 11.6 Å². The molecule has 24 heavy (non-hydrogen) atoms. The molecule has 0 bridgehead atoms. The summed E-state index contributed by atoms with van der Waals surface area (Å²) in [5.41, 5.74) is 1.90. The van der Waals surface area contributed by atoms with Crippen molar-refractivity contribution in [2.45, 2.75) is 6.92 Å². The molecular weight excluding hydrogens is 326 g/mol. The summed E-state index contributed by atoms with van der Waals surface area (Å²) in [6, 6.07) is 13.6. The third kappa shape index (κ3) is 3.01. The summed E-state index contributed by atoms with van der Waals surface area (Å²) in [6.07, 6.45) is 1.67. The third-order valence-corrected chi connectivity index (χ3v) is 4.12. The third-order valence-electron chi connectivity index (χ3n) is 3.87. The molecule has 0 fully saturated rings. The first-order valence-corrected chi connectivity index (χ1v) is 7.77. The van der Waals surface area contributed by atoms with Crippen LogP contribution in [0.3, 0.4) is 0 Å². The number of benzene rings is 2. The number of fused-ring (bicyclic) bond motifs is 1. The van der Waals surface area contributed by atoms with E-state index < -0.39 is 0 Å². The number of halogens is 1. The number of hydrogen-bond acceptors (Lipinski definition) is 3. The van der Waals surface area contributed by atoms with Gasteiger partial charge in [0.05, 0.1) is 17.7 Å². The van der Waals surface area contributed by atoms with Gasteiger partial charge in [-0.2, -0.15) is 0 Å². The smallest absolute Gasteiger partial charge is 0.261 e. The number of Topliss-reactive ketones (excluding diaryl/α,β-unsaturated/α-hetero) is 1. The number of ketones is 1. The minimum absolute atomic E-state index is 0.0513. The number of nitrogens with zero attached hydrogens (tertiary/aromatic N) is 1. The summed E-state index contributed by atoms with van der Waals surface area (Å²) < 4.78 is 0. The molecule has 2 aromatic rings. The van der Waals surface area contributed by atoms with Gasteiger partial charge in [0.15, 0.2) is 5.78 Å². The Morgan fingerprint density at radius 1 is 1.00 bits per heavy atom. The number of amides is 2. The Balaban J connectivity index is 1.90. The average molecular weight is 340 g/mol. The van der Waals surface area contributed by atoms with E-state index in [0.29, 0.717) is 21.7 Å². The largest absolute Gasteiger partial charge is 0.295 e. The highest BCUT2D eigenvalue weighted by molar-refractivity contribution is 6.30. The normalized spacial score (nSPS) is 14.1. The molecule has 4 nitrogen and oxygen atoms in total. The first-order chi connectivity index (χ1) is 11.5. The zero-order valence-corrected chi connectivity index (χ0v) is 13.7. The molecule has 1 aliphatic heterocycles. The van der Waals surface area contributed by atoms with Crippen molar-refractivity contribution in [2.75, 3.05) is 6.54 Å². The lowest BCUT2D eigenvalue weighted by Gasteiger charge is -2.15. The Kier molecular flexibility index (Phi) is 4.32. The molecule has 2 amide bonds. The number of rotatable bonds is 4. The van der Waals surface area contributed by atoms with Crippen molar-refractivity contribution >= 4 is 35.3 Å². The van der Waals surface area contributed by atoms with Gasteiger partial charge in [0.1, 0.15) is 0 Å². The van der Waals surface area contributed by atoms with Crippen molar-refractivity contribution in [2.24, 2.45) is 0 Å². The van der Waals surface area contributed by atoms with Crippen LogP contribution in [-0.2, 0) is 4.79 Å². The Morgan fingerprint density at radius 2 is 1.54 bits per heavy atom. The average Bonchev–Trinajstić information content (AvgIpc) is 2.81. The van der Waals surface area contributed by atoms with Crippen molar-refractivity contribution in [1.82, 2.24) is 4.90 Å². The predicted octanol–water partition coefficient (Wildman–Crippen LogP) is 3.61. The maximum absolute atomic E-state index is 12.4. The van der Waals surface area contributed by atoms with E-state index in [1.165, 1.54) is 6.92 Å². The molecule has 0 aliphatic carbocycles. The topological polar surface area (TPSA) is 54.5 Å². The summed E-state index contributed by atoms with van der Waals surface area (Å²) in [5, 5.41) is 0.594. The van der Waals surface area contributed by atoms with Gasteiger partial charge >= 0.3 is 0 Å². The number of carbonyl (C=O) groups is 3. The van der Waals surface area contributed by atoms with E-state index in [-0.39, 0.29) is 24.1 Å². The van der Waals surface area contributed by atoms with E-state index >= 15 is 0 Å². The zero-order valence-electron chi connectivity index (χ0n) is 13.0. The van der Waals surface area contributed by atoms with Gasteiger partial charge in [-0.25, -0.2) is 0 Å². The maximum Gasteiger partial charge on any atom is 0.261 e. The molecule has 5 heteroatoms. The van der Waals surface area contributed by atoms with Gasteiger partial charge in [0, 0.05) is 10.6 Å². The van der Waals surface area contributed by atoms with E-state index in [4.69, 9.17) is 11.6 Å². The van der Waals surface area contributed by atoms with Crippen LogP contribution in [-0.4, -0.2) is 29.0 Å². The van der Waals surface area contributed by atoms with Crippen LogP contribution in [0, 0.1) is 0 Å². The van der Waals surface area contributed by atoms with E-state index in [2.05, 4.69) is 0 Å². The summed E-state index contributed by atoms with van der Waals surface area (Å²) in [4.78, 5) is 37.9. The highest BCUT2D eigenvalue weighted by Gasteiger charge is 2.35. The number of carbonyl (C=O) groups excluding carboxylic acids is 3. The lowest BCUT2D eigenvalue weighted by atomic mass is 10.1. The van der Waals surface area contributed by atoms with E-state index in [0.717, 1.165) is 10.5 Å². The lowest BCUT2D eigenvalue weighted by Crippen LogP contribution is -2.32. The SMILES string of the molecule is CC(=O)/C(=C/c1ccc(Cl)cc1)CN1C(=O)c2ccccc2C1=O. The second-order valence-corrected chi connectivity index (χ2v) is 5.96. The molecule has 0 spiro atoms. The molecule has 2 aromatic carbocycles. The minimum Gasteiger partial charge on any atom is -0.295 e. The van der Waals surface area contributed by atoms with Crippen LogP contribution in [0.1, 0.15) is 33.2 Å². The molecule has 120 valence electrons. The Labute approximate surface area is 144 Å². The van der Waals surface area contributed by atoms with Crippen molar-refractivity contribution < 1.29 is 14.4 Å². The van der Waals surface area contributed by atoms with E-state index in [9.17, 15) is 14.4 Å². The summed E-state index contributed by atoms with van der Waals surface area (Å²) in [6.45, 7) is 1.37. The van der Waals surface area contributed by atoms with Crippen LogP contribution in [0.25, 0.3) is 6.08 Å². The van der Waals surface area contributed by atoms with Crippen LogP contribution < -0.4 is 0 Å². The van der Waals surface area contributed by atoms with Gasteiger partial charge in [0.2, 0.25) is 0 Å². The molecule has 0 saturated heterocycles. The van der Waals surface area contributed by atoms with Gasteiger partial charge in [-0.05, 0) is 42.8 Å². The monoisotopic (exact) mass is 339 g/mol. The highest BCUT2D eigenvalue weighted by Crippen LogP contribution is 2.24. The van der Waals surface area contributed by atoms with Gasteiger partial charge < -0.3 is 0 Å². The second-order valence-electron chi connectivity index (χ2n) is 5.52. The number of hydrogen-bond donors (Lipinski definition) is 0. The fourth-order valence-electron chi connectivity index (χ4n) is 2.57. The Bertz CT molecular complexity index is 833. The van der Waals surface area contributed by atoms with Crippen LogP contribution in [0.4, 0.5) is 0 Å². The van der Waals surface area contributed by atoms with Crippen molar-refractivity contribution in [3.8, 4) is 0 Å². The zero-order chi connectivity index (χ0) is 17.3. The molecule has 0 radical (unpaired) electrons. The quantitative estimate of drug-likeness (QED) is 0.631. The summed E-state index contributed by atoms with van der Waals surface area (Å²) in [5.74, 6) is -0.945. The van der Waals surface area contributed by atoms with Gasteiger partial charge in [-0.1, -0.05) is 35.9 Å². The van der Waals surface area contributed by atoms with E-state index in [1.54, 1.807) is 54.6 Å². The molecule has 1 heterocycles. The standard InChI is InChI=1S/C19H14ClNO3/c1-12(22)14(10-13-6-8-15(20)9-7-13)11-21-18(23)16-4-2-3-5-17(16)19(21)24/h2-10H,11H2,1H3/b14-10+. The van der Waals surface area contributed by atoms with Crippen LogP contribution in [0.5, 0.6) is 0 Å². The van der Waals surface area contributed by atoms with Crippen molar-refractivity contribution in [1.29, 1.82) is 0 Å². The Hall–Kier alpha value is -2.72. The number of imide groups is 1. The van der Waals surface area contributed by atoms with Gasteiger partial charge in [-0.3, -0.25) is 19.3 Å². The second kappa shape index (κ2) is 6.42. The summed E-state index contributed by atoms with van der Waals surface area (Å²) in [7, 11) is 0. The molecule has 0 N–H and O–H groups in total. The van der Waals surface area contributed by atoms with Crippen LogP contribution in [0.15, 0.2) is 54.1 Å². The van der Waals surface area contributed by atoms with Crippen molar-refractivity contribution in [3.05, 3.63) is 75.8 Å². The summed E-state index contributed by atoms with van der Waals surface area (Å²) >= 11 is 5.85. The lowest BCUT2D eigenvalue weighted by molar-refractivity contribution is -0.113. The maximum atomic E-state index is 12.4. The minimum atomic E-state index is -0.376. The predicted molar refractivity (Wildman–Crippen MR) is 91.9 cm³/mol.